The molecule has 0 atom stereocenters. The standard InChI is InChI=1S/C26H20ClN3O2S3/c1-16-6-9-19(10-7-16)33-14-18-13-24(31)29-26(28-18)34-15-25(32)30-20-4-2-3-5-22(20)35-23-11-8-17(27)12-21(23)30/h2-13H,14-15H2,1H3,(H,28,29,31). The lowest BCUT2D eigenvalue weighted by Gasteiger charge is -2.31. The van der Waals surface area contributed by atoms with Crippen molar-refractivity contribution in [1.82, 2.24) is 9.97 Å². The first-order valence-electron chi connectivity index (χ1n) is 10.8. The van der Waals surface area contributed by atoms with Crippen LogP contribution in [0.4, 0.5) is 11.4 Å². The van der Waals surface area contributed by atoms with E-state index >= 15 is 0 Å². The summed E-state index contributed by atoms with van der Waals surface area (Å²) in [6.07, 6.45) is 0. The molecule has 35 heavy (non-hydrogen) atoms. The normalized spacial score (nSPS) is 12.2. The number of para-hydroxylation sites is 1. The molecule has 0 aliphatic carbocycles. The van der Waals surface area contributed by atoms with Crippen LogP contribution < -0.4 is 10.5 Å². The van der Waals surface area contributed by atoms with E-state index in [0.29, 0.717) is 21.6 Å². The Morgan fingerprint density at radius 1 is 1.00 bits per heavy atom. The summed E-state index contributed by atoms with van der Waals surface area (Å²) in [5.41, 5.74) is 3.23. The number of anilines is 2. The third-order valence-corrected chi connectivity index (χ3v) is 8.52. The average Bonchev–Trinajstić information content (AvgIpc) is 2.85. The van der Waals surface area contributed by atoms with Crippen molar-refractivity contribution in [2.75, 3.05) is 10.7 Å². The van der Waals surface area contributed by atoms with Gasteiger partial charge < -0.3 is 4.98 Å². The van der Waals surface area contributed by atoms with Gasteiger partial charge >= 0.3 is 0 Å². The van der Waals surface area contributed by atoms with Crippen molar-refractivity contribution in [2.45, 2.75) is 32.5 Å². The number of amides is 1. The van der Waals surface area contributed by atoms with Gasteiger partial charge in [-0.1, -0.05) is 65.0 Å². The highest BCUT2D eigenvalue weighted by atomic mass is 35.5. The van der Waals surface area contributed by atoms with Gasteiger partial charge in [-0.25, -0.2) is 4.98 Å². The van der Waals surface area contributed by atoms with Gasteiger partial charge in [0.05, 0.1) is 22.8 Å². The van der Waals surface area contributed by atoms with Gasteiger partial charge in [0.1, 0.15) is 0 Å². The van der Waals surface area contributed by atoms with Crippen molar-refractivity contribution >= 4 is 64.2 Å². The molecule has 0 bridgehead atoms. The van der Waals surface area contributed by atoms with Crippen LogP contribution in [0.5, 0.6) is 0 Å². The zero-order chi connectivity index (χ0) is 24.4. The summed E-state index contributed by atoms with van der Waals surface area (Å²) < 4.78 is 0. The number of fused-ring (bicyclic) bond motifs is 2. The summed E-state index contributed by atoms with van der Waals surface area (Å²) in [6.45, 7) is 2.05. The number of aryl methyl sites for hydroxylation is 1. The maximum Gasteiger partial charge on any atom is 0.251 e. The predicted octanol–water partition coefficient (Wildman–Crippen LogP) is 6.95. The van der Waals surface area contributed by atoms with Crippen LogP contribution in [-0.2, 0) is 10.5 Å². The van der Waals surface area contributed by atoms with Crippen molar-refractivity contribution in [3.63, 3.8) is 0 Å². The Kier molecular flexibility index (Phi) is 7.24. The fraction of sp³-hybridized carbons (Fsp3) is 0.115. The molecule has 9 heteroatoms. The minimum absolute atomic E-state index is 0.114. The van der Waals surface area contributed by atoms with Crippen LogP contribution in [0.15, 0.2) is 97.4 Å². The largest absolute Gasteiger partial charge is 0.301 e. The van der Waals surface area contributed by atoms with Crippen LogP contribution in [0, 0.1) is 6.92 Å². The topological polar surface area (TPSA) is 66.1 Å². The summed E-state index contributed by atoms with van der Waals surface area (Å²) in [7, 11) is 0. The highest BCUT2D eigenvalue weighted by Crippen LogP contribution is 2.49. The van der Waals surface area contributed by atoms with E-state index in [4.69, 9.17) is 11.6 Å². The molecule has 0 fully saturated rings. The van der Waals surface area contributed by atoms with Crippen LogP contribution in [0.25, 0.3) is 0 Å². The molecule has 3 aromatic carbocycles. The van der Waals surface area contributed by atoms with Crippen LogP contribution >= 0.6 is 46.9 Å². The molecule has 1 aromatic heterocycles. The van der Waals surface area contributed by atoms with Crippen molar-refractivity contribution in [3.8, 4) is 0 Å². The molecule has 1 aliphatic rings. The lowest BCUT2D eigenvalue weighted by Crippen LogP contribution is -2.30. The van der Waals surface area contributed by atoms with Crippen molar-refractivity contribution in [2.24, 2.45) is 0 Å². The number of rotatable bonds is 6. The second-order valence-electron chi connectivity index (χ2n) is 7.84. The van der Waals surface area contributed by atoms with Crippen LogP contribution in [-0.4, -0.2) is 21.6 Å². The molecular weight excluding hydrogens is 518 g/mol. The number of thioether (sulfide) groups is 2. The van der Waals surface area contributed by atoms with E-state index < -0.39 is 0 Å². The number of aromatic nitrogens is 2. The molecule has 5 nitrogen and oxygen atoms in total. The Bertz CT molecular complexity index is 1460. The van der Waals surface area contributed by atoms with Crippen molar-refractivity contribution in [1.29, 1.82) is 0 Å². The fourth-order valence-corrected chi connectivity index (χ4v) is 6.35. The zero-order valence-electron chi connectivity index (χ0n) is 18.7. The zero-order valence-corrected chi connectivity index (χ0v) is 21.9. The summed E-state index contributed by atoms with van der Waals surface area (Å²) in [5.74, 6) is 0.563. The minimum Gasteiger partial charge on any atom is -0.301 e. The maximum atomic E-state index is 13.4. The number of hydrogen-bond donors (Lipinski definition) is 1. The van der Waals surface area contributed by atoms with Gasteiger partial charge in [-0.15, -0.1) is 11.8 Å². The Hall–Kier alpha value is -2.65. The number of nitrogens with one attached hydrogen (secondary N) is 1. The first-order chi connectivity index (χ1) is 17.0. The van der Waals surface area contributed by atoms with E-state index in [1.54, 1.807) is 28.4 Å². The summed E-state index contributed by atoms with van der Waals surface area (Å²) in [4.78, 5) is 37.8. The van der Waals surface area contributed by atoms with Gasteiger partial charge in [-0.3, -0.25) is 14.5 Å². The Balaban J connectivity index is 1.33. The van der Waals surface area contributed by atoms with Crippen LogP contribution in [0.3, 0.4) is 0 Å². The predicted molar refractivity (Wildman–Crippen MR) is 145 cm³/mol. The SMILES string of the molecule is Cc1ccc(SCc2cc(=O)[nH]c(SCC(=O)N3c4ccccc4Sc4ccc(Cl)cc43)n2)cc1. The van der Waals surface area contributed by atoms with E-state index in [0.717, 1.165) is 26.1 Å². The quantitative estimate of drug-likeness (QED) is 0.212. The molecule has 0 radical (unpaired) electrons. The molecule has 0 spiro atoms. The fourth-order valence-electron chi connectivity index (χ4n) is 3.61. The molecule has 0 saturated carbocycles. The molecule has 176 valence electrons. The Morgan fingerprint density at radius 2 is 1.77 bits per heavy atom. The molecular formula is C26H20ClN3O2S3. The van der Waals surface area contributed by atoms with E-state index in [-0.39, 0.29) is 17.2 Å². The molecule has 0 saturated heterocycles. The van der Waals surface area contributed by atoms with Crippen molar-refractivity contribution < 1.29 is 4.79 Å². The number of benzene rings is 3. The number of carbonyl (C=O) groups excluding carboxylic acids is 1. The van der Waals surface area contributed by atoms with Gasteiger partial charge in [0.15, 0.2) is 5.16 Å². The Labute approximate surface area is 220 Å². The number of nitrogens with zero attached hydrogens (tertiary/aromatic N) is 2. The lowest BCUT2D eigenvalue weighted by atomic mass is 10.2. The molecule has 1 amide bonds. The number of aromatic amines is 1. The number of carbonyl (C=O) groups is 1. The first-order valence-corrected chi connectivity index (χ1v) is 13.9. The van der Waals surface area contributed by atoms with Crippen molar-refractivity contribution in [3.05, 3.63) is 99.4 Å². The Morgan fingerprint density at radius 3 is 2.60 bits per heavy atom. The summed E-state index contributed by atoms with van der Waals surface area (Å²) in [5, 5.41) is 0.996. The number of halogens is 1. The second-order valence-corrected chi connectivity index (χ2v) is 11.4. The van der Waals surface area contributed by atoms with Gasteiger partial charge in [0, 0.05) is 31.5 Å². The van der Waals surface area contributed by atoms with Gasteiger partial charge in [-0.05, 0) is 49.4 Å². The third-order valence-electron chi connectivity index (χ3n) is 5.25. The summed E-state index contributed by atoms with van der Waals surface area (Å²) in [6, 6.07) is 23.1. The monoisotopic (exact) mass is 537 g/mol. The highest BCUT2D eigenvalue weighted by molar-refractivity contribution is 8.00. The lowest BCUT2D eigenvalue weighted by molar-refractivity contribution is -0.115. The second kappa shape index (κ2) is 10.5. The molecule has 1 aliphatic heterocycles. The molecule has 1 N–H and O–H groups in total. The molecule has 4 aromatic rings. The molecule has 0 unspecified atom stereocenters. The number of hydrogen-bond acceptors (Lipinski definition) is 6. The minimum atomic E-state index is -0.230. The van der Waals surface area contributed by atoms with E-state index in [9.17, 15) is 9.59 Å². The maximum absolute atomic E-state index is 13.4. The first kappa shape index (κ1) is 24.1. The third kappa shape index (κ3) is 5.62. The molecule has 5 rings (SSSR count). The molecule has 2 heterocycles. The smallest absolute Gasteiger partial charge is 0.251 e. The van der Waals surface area contributed by atoms with E-state index in [1.165, 1.54) is 23.4 Å². The van der Waals surface area contributed by atoms with Gasteiger partial charge in [0.2, 0.25) is 5.91 Å². The van der Waals surface area contributed by atoms with Crippen LogP contribution in [0.1, 0.15) is 11.3 Å². The number of H-pyrrole nitrogens is 1. The van der Waals surface area contributed by atoms with E-state index in [2.05, 4.69) is 34.2 Å². The average molecular weight is 538 g/mol. The van der Waals surface area contributed by atoms with E-state index in [1.807, 2.05) is 49.4 Å². The van der Waals surface area contributed by atoms with Gasteiger partial charge in [0.25, 0.3) is 5.56 Å². The van der Waals surface area contributed by atoms with Crippen LogP contribution in [0.2, 0.25) is 5.02 Å². The highest BCUT2D eigenvalue weighted by Gasteiger charge is 2.28. The van der Waals surface area contributed by atoms with Gasteiger partial charge in [-0.2, -0.15) is 0 Å². The summed E-state index contributed by atoms with van der Waals surface area (Å²) >= 11 is 10.7.